The molecule has 0 bridgehead atoms. The Kier molecular flexibility index (Phi) is 4.17. The Bertz CT molecular complexity index is 715. The Morgan fingerprint density at radius 2 is 1.86 bits per heavy atom. The first-order valence-electron chi connectivity index (χ1n) is 7.87. The maximum Gasteiger partial charge on any atom is 0.175 e. The molecule has 0 saturated heterocycles. The lowest BCUT2D eigenvalue weighted by Gasteiger charge is -2.22. The average molecular weight is 319 g/mol. The molecule has 0 radical (unpaired) electrons. The summed E-state index contributed by atoms with van der Waals surface area (Å²) in [4.78, 5) is 11.5. The molecule has 0 N–H and O–H groups in total. The molecule has 2 aliphatic carbocycles. The normalized spacial score (nSPS) is 23.2. The van der Waals surface area contributed by atoms with Crippen molar-refractivity contribution in [2.75, 3.05) is 6.26 Å². The highest BCUT2D eigenvalue weighted by Gasteiger charge is 2.35. The van der Waals surface area contributed by atoms with Crippen LogP contribution in [0.15, 0.2) is 40.0 Å². The van der Waals surface area contributed by atoms with Gasteiger partial charge in [-0.2, -0.15) is 0 Å². The lowest BCUT2D eigenvalue weighted by molar-refractivity contribution is 0.409. The van der Waals surface area contributed by atoms with Crippen LogP contribution in [0.4, 0.5) is 0 Å². The molecule has 1 aromatic carbocycles. The Morgan fingerprint density at radius 3 is 2.50 bits per heavy atom. The van der Waals surface area contributed by atoms with Crippen molar-refractivity contribution < 1.29 is 8.42 Å². The number of allylic oxidation sites excluding steroid dienone is 2. The first-order valence-corrected chi connectivity index (χ1v) is 9.76. The van der Waals surface area contributed by atoms with Gasteiger partial charge in [0.25, 0.3) is 0 Å². The Labute approximate surface area is 131 Å². The molecule has 0 aromatic heterocycles. The molecule has 1 atom stereocenters. The van der Waals surface area contributed by atoms with Crippen LogP contribution in [-0.4, -0.2) is 14.7 Å². The van der Waals surface area contributed by atoms with Crippen LogP contribution >= 0.6 is 0 Å². The molecule has 4 nitrogen and oxygen atoms in total. The molecule has 2 aliphatic rings. The topological polar surface area (TPSA) is 63.6 Å². The molecule has 1 aromatic rings. The molecule has 3 rings (SSSR count). The Morgan fingerprint density at radius 1 is 1.14 bits per heavy atom. The summed E-state index contributed by atoms with van der Waals surface area (Å²) in [6.45, 7) is 0. The zero-order valence-corrected chi connectivity index (χ0v) is 13.6. The van der Waals surface area contributed by atoms with E-state index < -0.39 is 9.84 Å². The van der Waals surface area contributed by atoms with Crippen molar-refractivity contribution in [2.24, 2.45) is 17.0 Å². The summed E-state index contributed by atoms with van der Waals surface area (Å²) in [5.74, 6) is 0.959. The summed E-state index contributed by atoms with van der Waals surface area (Å²) in [5, 5.41) is 3.24. The molecule has 22 heavy (non-hydrogen) atoms. The van der Waals surface area contributed by atoms with Gasteiger partial charge in [-0.05, 0) is 66.0 Å². The highest BCUT2D eigenvalue weighted by atomic mass is 32.2. The number of hydrogen-bond donors (Lipinski definition) is 0. The maximum absolute atomic E-state index is 11.8. The minimum Gasteiger partial charge on any atom is -0.224 e. The molecule has 0 heterocycles. The summed E-state index contributed by atoms with van der Waals surface area (Å²) in [6, 6.07) is 6.96. The highest BCUT2D eigenvalue weighted by molar-refractivity contribution is 7.90. The smallest absolute Gasteiger partial charge is 0.175 e. The molecule has 5 heteroatoms. The minimum atomic E-state index is -3.25. The fourth-order valence-corrected chi connectivity index (χ4v) is 4.65. The van der Waals surface area contributed by atoms with Gasteiger partial charge in [-0.25, -0.2) is 8.42 Å². The molecule has 1 unspecified atom stereocenters. The lowest BCUT2D eigenvalue weighted by atomic mass is 9.83. The second-order valence-electron chi connectivity index (χ2n) is 6.44. The van der Waals surface area contributed by atoms with E-state index in [1.54, 1.807) is 18.2 Å². The van der Waals surface area contributed by atoms with Crippen LogP contribution in [0.25, 0.3) is 5.57 Å². The fourth-order valence-electron chi connectivity index (χ4n) is 3.99. The van der Waals surface area contributed by atoms with Crippen molar-refractivity contribution in [1.82, 2.24) is 0 Å². The molecule has 0 aliphatic heterocycles. The third kappa shape index (κ3) is 2.86. The number of sulfone groups is 1. The van der Waals surface area contributed by atoms with E-state index in [1.807, 2.05) is 6.07 Å². The van der Waals surface area contributed by atoms with Crippen LogP contribution < -0.4 is 0 Å². The number of hydrogen-bond acceptors (Lipinski definition) is 4. The monoisotopic (exact) mass is 319 g/mol. The first-order chi connectivity index (χ1) is 10.5. The van der Waals surface area contributed by atoms with Gasteiger partial charge < -0.3 is 0 Å². The summed E-state index contributed by atoms with van der Waals surface area (Å²) < 4.78 is 23.6. The van der Waals surface area contributed by atoms with E-state index in [-0.39, 0.29) is 0 Å². The van der Waals surface area contributed by atoms with Crippen molar-refractivity contribution >= 4 is 15.4 Å². The molecule has 0 spiro atoms. The third-order valence-electron chi connectivity index (χ3n) is 5.03. The molecular weight excluding hydrogens is 298 g/mol. The van der Waals surface area contributed by atoms with Gasteiger partial charge in [-0.1, -0.05) is 25.0 Å². The van der Waals surface area contributed by atoms with Crippen LogP contribution in [0, 0.1) is 16.7 Å². The summed E-state index contributed by atoms with van der Waals surface area (Å²) in [7, 11) is -3.25. The Balaban J connectivity index is 2.04. The largest absolute Gasteiger partial charge is 0.224 e. The molecule has 1 saturated carbocycles. The maximum atomic E-state index is 11.8. The van der Waals surface area contributed by atoms with Crippen LogP contribution in [0.1, 0.15) is 44.1 Å². The predicted molar refractivity (Wildman–Crippen MR) is 86.9 cm³/mol. The van der Waals surface area contributed by atoms with E-state index in [0.717, 1.165) is 17.6 Å². The van der Waals surface area contributed by atoms with Gasteiger partial charge in [0.15, 0.2) is 9.84 Å². The lowest BCUT2D eigenvalue weighted by Crippen LogP contribution is -2.11. The van der Waals surface area contributed by atoms with Crippen LogP contribution in [-0.2, 0) is 9.84 Å². The van der Waals surface area contributed by atoms with Gasteiger partial charge in [-0.15, -0.1) is 4.91 Å². The molecular formula is C17H21NO3S. The van der Waals surface area contributed by atoms with Gasteiger partial charge in [0.1, 0.15) is 0 Å². The third-order valence-corrected chi connectivity index (χ3v) is 6.14. The van der Waals surface area contributed by atoms with Gasteiger partial charge in [0, 0.05) is 6.26 Å². The van der Waals surface area contributed by atoms with Crippen molar-refractivity contribution in [2.45, 2.75) is 43.4 Å². The van der Waals surface area contributed by atoms with Gasteiger partial charge in [-0.3, -0.25) is 0 Å². The second-order valence-corrected chi connectivity index (χ2v) is 8.46. The van der Waals surface area contributed by atoms with E-state index in [4.69, 9.17) is 0 Å². The SMILES string of the molecule is CS(=O)(=O)c1cccc(C2=C(N=O)CCC2C2CCCC2)c1. The van der Waals surface area contributed by atoms with E-state index >= 15 is 0 Å². The zero-order valence-electron chi connectivity index (χ0n) is 12.8. The summed E-state index contributed by atoms with van der Waals surface area (Å²) >= 11 is 0. The first kappa shape index (κ1) is 15.4. The van der Waals surface area contributed by atoms with Crippen molar-refractivity contribution in [1.29, 1.82) is 0 Å². The van der Waals surface area contributed by atoms with E-state index in [2.05, 4.69) is 5.18 Å². The number of nitroso groups, excluding NO2 is 1. The molecule has 1 fully saturated rings. The van der Waals surface area contributed by atoms with Gasteiger partial charge in [0.05, 0.1) is 10.6 Å². The van der Waals surface area contributed by atoms with Crippen LogP contribution in [0.5, 0.6) is 0 Å². The van der Waals surface area contributed by atoms with Crippen molar-refractivity contribution in [3.8, 4) is 0 Å². The quantitative estimate of drug-likeness (QED) is 0.782. The highest BCUT2D eigenvalue weighted by Crippen LogP contribution is 2.48. The van der Waals surface area contributed by atoms with Crippen LogP contribution in [0.2, 0.25) is 0 Å². The van der Waals surface area contributed by atoms with E-state index in [1.165, 1.54) is 31.9 Å². The standard InChI is InChI=1S/C17H21NO3S/c1-22(20,21)14-8-4-7-13(11-14)17-15(9-10-16(17)18-19)12-5-2-3-6-12/h4,7-8,11-12,15H,2-3,5-6,9-10H2,1H3. The Hall–Kier alpha value is -1.49. The van der Waals surface area contributed by atoms with Crippen LogP contribution in [0.3, 0.4) is 0 Å². The number of rotatable bonds is 4. The average Bonchev–Trinajstić information content (AvgIpc) is 3.15. The number of nitrogens with zero attached hydrogens (tertiary/aromatic N) is 1. The van der Waals surface area contributed by atoms with Gasteiger partial charge >= 0.3 is 0 Å². The van der Waals surface area contributed by atoms with E-state index in [0.29, 0.717) is 28.8 Å². The van der Waals surface area contributed by atoms with Crippen molar-refractivity contribution in [3.05, 3.63) is 40.4 Å². The van der Waals surface area contributed by atoms with Gasteiger partial charge in [0.2, 0.25) is 0 Å². The van der Waals surface area contributed by atoms with E-state index in [9.17, 15) is 13.3 Å². The summed E-state index contributed by atoms with van der Waals surface area (Å²) in [6.07, 6.45) is 7.79. The zero-order chi connectivity index (χ0) is 15.7. The minimum absolute atomic E-state index is 0.305. The predicted octanol–water partition coefficient (Wildman–Crippen LogP) is 4.17. The fraction of sp³-hybridized carbons (Fsp3) is 0.529. The second kappa shape index (κ2) is 5.95. The molecule has 118 valence electrons. The number of benzene rings is 1. The molecule has 0 amide bonds. The van der Waals surface area contributed by atoms with Crippen molar-refractivity contribution in [3.63, 3.8) is 0 Å². The summed E-state index contributed by atoms with van der Waals surface area (Å²) in [5.41, 5.74) is 2.46.